The molecule has 2 unspecified atom stereocenters. The van der Waals surface area contributed by atoms with Gasteiger partial charge in [0.1, 0.15) is 0 Å². The molecule has 2 aromatic carbocycles. The Morgan fingerprint density at radius 1 is 1.17 bits per heavy atom. The first-order valence-corrected chi connectivity index (χ1v) is 8.07. The van der Waals surface area contributed by atoms with Crippen molar-refractivity contribution in [2.75, 3.05) is 5.32 Å². The van der Waals surface area contributed by atoms with Gasteiger partial charge in [0.25, 0.3) is 0 Å². The Kier molecular flexibility index (Phi) is 3.38. The van der Waals surface area contributed by atoms with Gasteiger partial charge in [-0.3, -0.25) is 0 Å². The number of aromatic carboxylic acids is 1. The third-order valence-corrected chi connectivity index (χ3v) is 5.09. The van der Waals surface area contributed by atoms with E-state index in [1.807, 2.05) is 18.2 Å². The quantitative estimate of drug-likeness (QED) is 0.775. The van der Waals surface area contributed by atoms with Crippen LogP contribution in [0.2, 0.25) is 5.02 Å². The van der Waals surface area contributed by atoms with E-state index in [9.17, 15) is 9.90 Å². The van der Waals surface area contributed by atoms with Crippen molar-refractivity contribution in [1.29, 1.82) is 0 Å². The fraction of sp³-hybridized carbons (Fsp3) is 0.211. The highest BCUT2D eigenvalue weighted by Crippen LogP contribution is 2.49. The van der Waals surface area contributed by atoms with Gasteiger partial charge in [0.15, 0.2) is 0 Å². The van der Waals surface area contributed by atoms with Crippen LogP contribution in [0, 0.1) is 5.92 Å². The number of carbonyl (C=O) groups is 1. The maximum Gasteiger partial charge on any atom is 0.335 e. The Morgan fingerprint density at radius 2 is 1.96 bits per heavy atom. The molecule has 0 spiro atoms. The van der Waals surface area contributed by atoms with Crippen molar-refractivity contribution in [3.05, 3.63) is 76.3 Å². The first-order valence-electron chi connectivity index (χ1n) is 7.69. The Morgan fingerprint density at radius 3 is 2.70 bits per heavy atom. The molecular formula is C19H16ClNO2. The first-order chi connectivity index (χ1) is 11.1. The molecule has 4 heteroatoms. The lowest BCUT2D eigenvalue weighted by Crippen LogP contribution is -2.29. The normalized spacial score (nSPS) is 24.7. The van der Waals surface area contributed by atoms with Crippen LogP contribution in [-0.4, -0.2) is 11.1 Å². The van der Waals surface area contributed by atoms with E-state index in [2.05, 4.69) is 29.6 Å². The first kappa shape index (κ1) is 14.3. The predicted octanol–water partition coefficient (Wildman–Crippen LogP) is 4.86. The summed E-state index contributed by atoms with van der Waals surface area (Å²) in [7, 11) is 0. The van der Waals surface area contributed by atoms with Gasteiger partial charge in [0.2, 0.25) is 0 Å². The molecule has 0 bridgehead atoms. The summed E-state index contributed by atoms with van der Waals surface area (Å²) in [5.74, 6) is -0.231. The van der Waals surface area contributed by atoms with Gasteiger partial charge < -0.3 is 10.4 Å². The summed E-state index contributed by atoms with van der Waals surface area (Å²) in [6, 6.07) is 13.5. The number of anilines is 1. The fourth-order valence-corrected chi connectivity index (χ4v) is 3.85. The Bertz CT molecular complexity index is 798. The van der Waals surface area contributed by atoms with Crippen molar-refractivity contribution in [3.63, 3.8) is 0 Å². The van der Waals surface area contributed by atoms with Crippen LogP contribution in [0.1, 0.15) is 39.9 Å². The van der Waals surface area contributed by atoms with E-state index >= 15 is 0 Å². The number of rotatable bonds is 2. The second kappa shape index (κ2) is 5.43. The Balaban J connectivity index is 1.77. The molecule has 116 valence electrons. The summed E-state index contributed by atoms with van der Waals surface area (Å²) in [6.07, 6.45) is 5.39. The molecule has 0 aromatic heterocycles. The molecule has 0 amide bonds. The van der Waals surface area contributed by atoms with E-state index in [4.69, 9.17) is 11.6 Å². The molecule has 2 aromatic rings. The van der Waals surface area contributed by atoms with Gasteiger partial charge in [0.05, 0.1) is 11.6 Å². The highest BCUT2D eigenvalue weighted by Gasteiger charge is 2.38. The van der Waals surface area contributed by atoms with Crippen LogP contribution < -0.4 is 5.32 Å². The third kappa shape index (κ3) is 2.41. The lowest BCUT2D eigenvalue weighted by molar-refractivity contribution is 0.0696. The maximum absolute atomic E-state index is 11.2. The minimum atomic E-state index is -0.883. The molecule has 0 saturated carbocycles. The van der Waals surface area contributed by atoms with Crippen LogP contribution in [0.25, 0.3) is 0 Å². The zero-order valence-corrected chi connectivity index (χ0v) is 13.1. The predicted molar refractivity (Wildman–Crippen MR) is 91.2 cm³/mol. The molecule has 0 radical (unpaired) electrons. The minimum absolute atomic E-state index is 0.204. The van der Waals surface area contributed by atoms with Gasteiger partial charge in [-0.15, -0.1) is 0 Å². The van der Waals surface area contributed by atoms with Gasteiger partial charge in [-0.25, -0.2) is 4.79 Å². The Hall–Kier alpha value is -2.26. The molecule has 1 aliphatic heterocycles. The summed E-state index contributed by atoms with van der Waals surface area (Å²) in [4.78, 5) is 11.2. The van der Waals surface area contributed by atoms with E-state index in [0.717, 1.165) is 22.7 Å². The smallest absolute Gasteiger partial charge is 0.335 e. The van der Waals surface area contributed by atoms with Crippen LogP contribution in [0.3, 0.4) is 0 Å². The number of allylic oxidation sites excluding steroid dienone is 2. The summed E-state index contributed by atoms with van der Waals surface area (Å²) in [6.45, 7) is 0. The average Bonchev–Trinajstić information content (AvgIpc) is 3.04. The SMILES string of the molecule is O=C(O)c1ccc2c(c1)C1C=CCC1[C@@H](c1ccc(Cl)cc1)N2. The highest BCUT2D eigenvalue weighted by molar-refractivity contribution is 6.30. The number of nitrogens with one attached hydrogen (secondary N) is 1. The monoisotopic (exact) mass is 325 g/mol. The lowest BCUT2D eigenvalue weighted by atomic mass is 9.76. The lowest BCUT2D eigenvalue weighted by Gasteiger charge is -2.37. The topological polar surface area (TPSA) is 49.3 Å². The van der Waals surface area contributed by atoms with Crippen molar-refractivity contribution in [3.8, 4) is 0 Å². The van der Waals surface area contributed by atoms with E-state index in [1.54, 1.807) is 12.1 Å². The molecule has 1 aliphatic carbocycles. The molecule has 4 rings (SSSR count). The van der Waals surface area contributed by atoms with Gasteiger partial charge in [0, 0.05) is 16.6 Å². The van der Waals surface area contributed by atoms with Gasteiger partial charge in [-0.05, 0) is 53.8 Å². The zero-order chi connectivity index (χ0) is 16.0. The summed E-state index contributed by atoms with van der Waals surface area (Å²) in [5, 5.41) is 13.6. The summed E-state index contributed by atoms with van der Waals surface area (Å²) < 4.78 is 0. The molecule has 1 heterocycles. The second-order valence-electron chi connectivity index (χ2n) is 6.13. The third-order valence-electron chi connectivity index (χ3n) is 4.84. The van der Waals surface area contributed by atoms with Crippen LogP contribution >= 0.6 is 11.6 Å². The largest absolute Gasteiger partial charge is 0.478 e. The van der Waals surface area contributed by atoms with Crippen molar-refractivity contribution in [1.82, 2.24) is 0 Å². The number of hydrogen-bond donors (Lipinski definition) is 2. The number of hydrogen-bond acceptors (Lipinski definition) is 2. The number of carboxylic acid groups (broad SMARTS) is 1. The van der Waals surface area contributed by atoms with Crippen molar-refractivity contribution >= 4 is 23.3 Å². The van der Waals surface area contributed by atoms with Crippen LogP contribution in [0.4, 0.5) is 5.69 Å². The van der Waals surface area contributed by atoms with Crippen molar-refractivity contribution in [2.45, 2.75) is 18.4 Å². The van der Waals surface area contributed by atoms with Gasteiger partial charge in [-0.2, -0.15) is 0 Å². The molecule has 23 heavy (non-hydrogen) atoms. The highest BCUT2D eigenvalue weighted by atomic mass is 35.5. The second-order valence-corrected chi connectivity index (χ2v) is 6.57. The van der Waals surface area contributed by atoms with Gasteiger partial charge in [-0.1, -0.05) is 35.9 Å². The van der Waals surface area contributed by atoms with Crippen LogP contribution in [-0.2, 0) is 0 Å². The maximum atomic E-state index is 11.2. The van der Waals surface area contributed by atoms with E-state index in [-0.39, 0.29) is 12.0 Å². The fourth-order valence-electron chi connectivity index (χ4n) is 3.73. The zero-order valence-electron chi connectivity index (χ0n) is 12.4. The van der Waals surface area contributed by atoms with Crippen molar-refractivity contribution < 1.29 is 9.90 Å². The molecule has 0 fully saturated rings. The number of halogens is 1. The van der Waals surface area contributed by atoms with Crippen molar-refractivity contribution in [2.24, 2.45) is 5.92 Å². The number of carboxylic acids is 1. The number of benzene rings is 2. The molecule has 0 saturated heterocycles. The Labute approximate surface area is 139 Å². The molecule has 2 aliphatic rings. The minimum Gasteiger partial charge on any atom is -0.478 e. The summed E-state index contributed by atoms with van der Waals surface area (Å²) >= 11 is 6.00. The number of fused-ring (bicyclic) bond motifs is 3. The van der Waals surface area contributed by atoms with E-state index in [1.165, 1.54) is 5.56 Å². The molecule has 2 N–H and O–H groups in total. The van der Waals surface area contributed by atoms with E-state index < -0.39 is 5.97 Å². The molecule has 3 nitrogen and oxygen atoms in total. The van der Waals surface area contributed by atoms with Gasteiger partial charge >= 0.3 is 5.97 Å². The van der Waals surface area contributed by atoms with E-state index in [0.29, 0.717) is 11.5 Å². The standard InChI is InChI=1S/C19H16ClNO2/c20-13-7-4-11(5-8-13)18-15-3-1-2-14(15)16-10-12(19(22)23)6-9-17(16)21-18/h1-2,4-10,14-15,18,21H,3H2,(H,22,23)/t14?,15?,18-/m1/s1. The molecule has 3 atom stereocenters. The average molecular weight is 326 g/mol. The van der Waals surface area contributed by atoms with Crippen LogP contribution in [0.15, 0.2) is 54.6 Å². The molecular weight excluding hydrogens is 310 g/mol. The summed E-state index contributed by atoms with van der Waals surface area (Å²) in [5.41, 5.74) is 3.65. The van der Waals surface area contributed by atoms with Crippen LogP contribution in [0.5, 0.6) is 0 Å².